The molecule has 2 nitrogen and oxygen atoms in total. The predicted molar refractivity (Wildman–Crippen MR) is 75.3 cm³/mol. The minimum absolute atomic E-state index is 0. The van der Waals surface area contributed by atoms with Crippen molar-refractivity contribution in [2.24, 2.45) is 0 Å². The van der Waals surface area contributed by atoms with E-state index < -0.39 is 0 Å². The summed E-state index contributed by atoms with van der Waals surface area (Å²) in [7, 11) is 0. The van der Waals surface area contributed by atoms with Gasteiger partial charge in [-0.2, -0.15) is 0 Å². The minimum atomic E-state index is 0. The van der Waals surface area contributed by atoms with Crippen LogP contribution in [0.2, 0.25) is 0 Å². The van der Waals surface area contributed by atoms with Crippen molar-refractivity contribution in [2.45, 2.75) is 0 Å². The van der Waals surface area contributed by atoms with E-state index >= 15 is 0 Å². The summed E-state index contributed by atoms with van der Waals surface area (Å²) in [5.41, 5.74) is 1.77. The van der Waals surface area contributed by atoms with Crippen molar-refractivity contribution in [2.75, 3.05) is 0 Å². The second-order valence-electron chi connectivity index (χ2n) is 3.50. The third kappa shape index (κ3) is 2.07. The number of phenols is 1. The Balaban J connectivity index is 0.00000108. The van der Waals surface area contributed by atoms with Crippen LogP contribution in [0.5, 0.6) is 5.75 Å². The number of benzene rings is 2. The number of nitrogens with zero attached hydrogens (tertiary/aromatic N) is 1. The van der Waals surface area contributed by atoms with Gasteiger partial charge in [-0.1, -0.05) is 24.3 Å². The molecule has 0 unspecified atom stereocenters. The molecule has 0 atom stereocenters. The monoisotopic (exact) mass is 238 g/mol. The molecule has 0 amide bonds. The fourth-order valence-electron chi connectivity index (χ4n) is 1.64. The van der Waals surface area contributed by atoms with Crippen LogP contribution >= 0.6 is 11.3 Å². The maximum atomic E-state index is 9.76. The van der Waals surface area contributed by atoms with Gasteiger partial charge < -0.3 is 5.11 Å². The Kier molecular flexibility index (Phi) is 3.23. The van der Waals surface area contributed by atoms with Gasteiger partial charge >= 0.3 is 10.1 Å². The van der Waals surface area contributed by atoms with Crippen LogP contribution in [-0.2, 0) is 0 Å². The number of thiazole rings is 1. The Hall–Kier alpha value is -1.70. The van der Waals surface area contributed by atoms with Gasteiger partial charge in [0.1, 0.15) is 10.8 Å². The zero-order valence-electron chi connectivity index (χ0n) is 8.42. The summed E-state index contributed by atoms with van der Waals surface area (Å²) >= 11 is 1.59. The van der Waals surface area contributed by atoms with E-state index in [0.29, 0.717) is 0 Å². The summed E-state index contributed by atoms with van der Waals surface area (Å²) in [5, 5.41) is 10.6. The molecule has 0 aliphatic rings. The van der Waals surface area contributed by atoms with Crippen molar-refractivity contribution in [3.63, 3.8) is 0 Å². The molecule has 4 heteroatoms. The van der Waals surface area contributed by atoms with Gasteiger partial charge in [-0.15, -0.1) is 11.3 Å². The van der Waals surface area contributed by atoms with Crippen LogP contribution in [-0.4, -0.2) is 20.2 Å². The Morgan fingerprint density at radius 1 is 0.941 bits per heavy atom. The van der Waals surface area contributed by atoms with Gasteiger partial charge in [-0.25, -0.2) is 4.98 Å². The predicted octanol–water partition coefficient (Wildman–Crippen LogP) is 2.75. The van der Waals surface area contributed by atoms with Gasteiger partial charge in [0, 0.05) is 0 Å². The van der Waals surface area contributed by atoms with E-state index in [1.165, 1.54) is 0 Å². The van der Waals surface area contributed by atoms with Gasteiger partial charge in [-0.3, -0.25) is 0 Å². The van der Waals surface area contributed by atoms with Crippen molar-refractivity contribution < 1.29 is 5.11 Å². The van der Waals surface area contributed by atoms with E-state index in [1.54, 1.807) is 17.4 Å². The Bertz CT molecular complexity index is 617. The van der Waals surface area contributed by atoms with Crippen molar-refractivity contribution in [3.05, 3.63) is 48.5 Å². The summed E-state index contributed by atoms with van der Waals surface area (Å²) in [6, 6.07) is 15.3. The van der Waals surface area contributed by atoms with Crippen LogP contribution in [0.25, 0.3) is 20.8 Å². The van der Waals surface area contributed by atoms with Crippen LogP contribution in [0.1, 0.15) is 0 Å². The summed E-state index contributed by atoms with van der Waals surface area (Å²) in [4.78, 5) is 4.50. The van der Waals surface area contributed by atoms with Gasteiger partial charge in [0.05, 0.1) is 15.8 Å². The fraction of sp³-hybridized carbons (Fsp3) is 0. The first-order valence-corrected chi connectivity index (χ1v) is 5.80. The molecule has 1 aromatic heterocycles. The molecule has 0 spiro atoms. The standard InChI is InChI=1S/C13H9NOS.Be.2H/c15-11-7-3-1-5-9(11)13-14-10-6-2-4-8-12(10)16-13;;;/h1-8,15H;;;. The second-order valence-corrected chi connectivity index (χ2v) is 4.53. The van der Waals surface area contributed by atoms with Crippen LogP contribution in [0, 0.1) is 0 Å². The number of para-hydroxylation sites is 2. The average molecular weight is 238 g/mol. The Morgan fingerprint density at radius 3 is 2.41 bits per heavy atom. The number of hydrogen-bond donors (Lipinski definition) is 1. The maximum absolute atomic E-state index is 9.76. The van der Waals surface area contributed by atoms with Crippen LogP contribution < -0.4 is 0 Å². The topological polar surface area (TPSA) is 33.1 Å². The first-order valence-electron chi connectivity index (χ1n) is 4.98. The molecule has 0 fully saturated rings. The van der Waals surface area contributed by atoms with Crippen molar-refractivity contribution in [1.82, 2.24) is 4.98 Å². The molecule has 0 aliphatic heterocycles. The molecule has 3 aromatic rings. The van der Waals surface area contributed by atoms with E-state index in [-0.39, 0.29) is 15.9 Å². The number of hydrogen-bond acceptors (Lipinski definition) is 3. The van der Waals surface area contributed by atoms with E-state index in [4.69, 9.17) is 0 Å². The number of aromatic hydroxyl groups is 1. The summed E-state index contributed by atoms with van der Waals surface area (Å²) in [6.07, 6.45) is 0. The SMILES string of the molecule is Oc1ccccc1-c1nc2ccccc2s1.[BeH2]. The van der Waals surface area contributed by atoms with Gasteiger partial charge in [0.25, 0.3) is 0 Å². The molecule has 0 bridgehead atoms. The average Bonchev–Trinajstić information content (AvgIpc) is 2.73. The summed E-state index contributed by atoms with van der Waals surface area (Å²) < 4.78 is 1.14. The number of rotatable bonds is 1. The van der Waals surface area contributed by atoms with Crippen LogP contribution in [0.15, 0.2) is 48.5 Å². The van der Waals surface area contributed by atoms with Gasteiger partial charge in [-0.05, 0) is 24.3 Å². The molecule has 0 saturated heterocycles. The zero-order chi connectivity index (χ0) is 11.0. The third-order valence-electron chi connectivity index (χ3n) is 2.43. The molecule has 17 heavy (non-hydrogen) atoms. The zero-order valence-corrected chi connectivity index (χ0v) is 9.24. The number of fused-ring (bicyclic) bond motifs is 1. The van der Waals surface area contributed by atoms with Crippen molar-refractivity contribution in [1.29, 1.82) is 0 Å². The quantitative estimate of drug-likeness (QED) is 0.661. The molecule has 3 rings (SSSR count). The molecule has 82 valence electrons. The second kappa shape index (κ2) is 4.66. The first-order chi connectivity index (χ1) is 7.84. The molecule has 0 saturated carbocycles. The van der Waals surface area contributed by atoms with Crippen molar-refractivity contribution >= 4 is 31.7 Å². The molecule has 0 radical (unpaired) electrons. The first kappa shape index (κ1) is 11.8. The van der Waals surface area contributed by atoms with Gasteiger partial charge in [0.15, 0.2) is 0 Å². The molecule has 2 aromatic carbocycles. The Labute approximate surface area is 107 Å². The molecular weight excluding hydrogens is 227 g/mol. The van der Waals surface area contributed by atoms with Crippen LogP contribution in [0.3, 0.4) is 0 Å². The normalized spacial score (nSPS) is 10.1. The third-order valence-corrected chi connectivity index (χ3v) is 3.50. The van der Waals surface area contributed by atoms with E-state index in [1.807, 2.05) is 42.5 Å². The molecule has 0 aliphatic carbocycles. The van der Waals surface area contributed by atoms with E-state index in [0.717, 1.165) is 20.8 Å². The van der Waals surface area contributed by atoms with Crippen LogP contribution in [0.4, 0.5) is 0 Å². The van der Waals surface area contributed by atoms with E-state index in [2.05, 4.69) is 4.98 Å². The summed E-state index contributed by atoms with van der Waals surface area (Å²) in [6.45, 7) is 0. The molecule has 1 N–H and O–H groups in total. The Morgan fingerprint density at radius 2 is 1.65 bits per heavy atom. The fourth-order valence-corrected chi connectivity index (χ4v) is 2.64. The summed E-state index contributed by atoms with van der Waals surface area (Å²) in [5.74, 6) is 0.279. The molecular formula is C13H11BeNOS. The number of aromatic nitrogens is 1. The van der Waals surface area contributed by atoms with Crippen molar-refractivity contribution in [3.8, 4) is 16.3 Å². The van der Waals surface area contributed by atoms with Gasteiger partial charge in [0.2, 0.25) is 0 Å². The number of phenolic OH excluding ortho intramolecular Hbond substituents is 1. The van der Waals surface area contributed by atoms with E-state index in [9.17, 15) is 5.11 Å². The molecule has 1 heterocycles.